The molecule has 1 aromatic carbocycles. The number of carbonyl (C=O) groups is 1. The molecule has 2 N–H and O–H groups in total. The van der Waals surface area contributed by atoms with Crippen molar-refractivity contribution >= 4 is 27.5 Å². The van der Waals surface area contributed by atoms with Crippen LogP contribution in [0.25, 0.3) is 0 Å². The Morgan fingerprint density at radius 1 is 1.13 bits per heavy atom. The highest BCUT2D eigenvalue weighted by Gasteiger charge is 2.42. The van der Waals surface area contributed by atoms with E-state index in [1.165, 1.54) is 37.8 Å². The number of piperidine rings is 1. The molecule has 8 heteroatoms. The number of hydrogen-bond acceptors (Lipinski definition) is 4. The van der Waals surface area contributed by atoms with Crippen LogP contribution in [0, 0.1) is 17.8 Å². The fourth-order valence-corrected chi connectivity index (χ4v) is 7.06. The number of halogens is 1. The van der Waals surface area contributed by atoms with E-state index >= 15 is 0 Å². The molecule has 1 heterocycles. The number of carbonyl (C=O) groups excluding carboxylic acids is 1. The first-order chi connectivity index (χ1) is 14.3. The van der Waals surface area contributed by atoms with E-state index in [1.54, 1.807) is 12.1 Å². The Labute approximate surface area is 184 Å². The summed E-state index contributed by atoms with van der Waals surface area (Å²) in [6.45, 7) is 3.97. The van der Waals surface area contributed by atoms with Crippen molar-refractivity contribution in [1.82, 2.24) is 14.9 Å². The summed E-state index contributed by atoms with van der Waals surface area (Å²) >= 11 is 5.84. The lowest BCUT2D eigenvalue weighted by Crippen LogP contribution is -2.49. The van der Waals surface area contributed by atoms with E-state index in [4.69, 9.17) is 11.6 Å². The smallest absolute Gasteiger partial charge is 0.240 e. The first kappa shape index (κ1) is 22.1. The van der Waals surface area contributed by atoms with Crippen molar-refractivity contribution in [1.29, 1.82) is 0 Å². The van der Waals surface area contributed by atoms with Gasteiger partial charge < -0.3 is 5.32 Å². The quantitative estimate of drug-likeness (QED) is 0.665. The predicted molar refractivity (Wildman–Crippen MR) is 118 cm³/mol. The maximum Gasteiger partial charge on any atom is 0.240 e. The molecule has 2 bridgehead atoms. The molecule has 4 atom stereocenters. The minimum Gasteiger partial charge on any atom is -0.352 e. The number of nitrogens with zero attached hydrogens (tertiary/aromatic N) is 1. The SMILES string of the molecule is C[C@H](NC(=O)CN1CCC(NS(=O)(=O)c2ccc(Cl)cc2)CC1)[C@@H]1C[C@H]2CC[C@H]1C2. The maximum absolute atomic E-state index is 12.5. The molecule has 2 saturated carbocycles. The lowest BCUT2D eigenvalue weighted by molar-refractivity contribution is -0.123. The van der Waals surface area contributed by atoms with E-state index in [2.05, 4.69) is 21.9 Å². The van der Waals surface area contributed by atoms with Gasteiger partial charge in [-0.2, -0.15) is 0 Å². The second-order valence-corrected chi connectivity index (χ2v) is 11.5. The standard InChI is InChI=1S/C22H32ClN3O3S/c1-15(21-13-16-2-3-17(21)12-16)24-22(27)14-26-10-8-19(9-11-26)25-30(28,29)20-6-4-18(23)5-7-20/h4-7,15-17,19,21,25H,2-3,8-14H2,1H3,(H,24,27)/t15-,16-,17-,21-/m0/s1. The van der Waals surface area contributed by atoms with Crippen molar-refractivity contribution in [3.8, 4) is 0 Å². The minimum absolute atomic E-state index is 0.0884. The summed E-state index contributed by atoms with van der Waals surface area (Å²) in [5.41, 5.74) is 0. The van der Waals surface area contributed by atoms with Crippen molar-refractivity contribution in [3.63, 3.8) is 0 Å². The monoisotopic (exact) mass is 453 g/mol. The normalized spacial score (nSPS) is 28.5. The Kier molecular flexibility index (Phi) is 6.73. The lowest BCUT2D eigenvalue weighted by Gasteiger charge is -2.33. The molecule has 2 aliphatic carbocycles. The number of rotatable bonds is 7. The predicted octanol–water partition coefficient (Wildman–Crippen LogP) is 3.02. The van der Waals surface area contributed by atoms with Crippen LogP contribution in [0.4, 0.5) is 0 Å². The Morgan fingerprint density at radius 3 is 2.43 bits per heavy atom. The Bertz CT molecular complexity index is 853. The third-order valence-electron chi connectivity index (χ3n) is 7.22. The van der Waals surface area contributed by atoms with Crippen molar-refractivity contribution in [3.05, 3.63) is 29.3 Å². The van der Waals surface area contributed by atoms with Gasteiger partial charge in [-0.3, -0.25) is 9.69 Å². The van der Waals surface area contributed by atoms with Gasteiger partial charge in [-0.15, -0.1) is 0 Å². The molecule has 1 saturated heterocycles. The highest BCUT2D eigenvalue weighted by atomic mass is 35.5. The van der Waals surface area contributed by atoms with Crippen molar-refractivity contribution in [2.45, 2.75) is 62.4 Å². The molecular weight excluding hydrogens is 422 g/mol. The molecule has 1 aliphatic heterocycles. The zero-order valence-corrected chi connectivity index (χ0v) is 19.1. The third-order valence-corrected chi connectivity index (χ3v) is 9.01. The van der Waals surface area contributed by atoms with E-state index in [0.29, 0.717) is 43.4 Å². The summed E-state index contributed by atoms with van der Waals surface area (Å²) in [5.74, 6) is 2.41. The van der Waals surface area contributed by atoms with Gasteiger partial charge in [-0.25, -0.2) is 13.1 Å². The third kappa shape index (κ3) is 5.18. The minimum atomic E-state index is -3.55. The van der Waals surface area contributed by atoms with Crippen LogP contribution >= 0.6 is 11.6 Å². The van der Waals surface area contributed by atoms with Gasteiger partial charge in [-0.1, -0.05) is 18.0 Å². The van der Waals surface area contributed by atoms with Crippen LogP contribution in [0.1, 0.15) is 45.4 Å². The molecule has 3 aliphatic rings. The average Bonchev–Trinajstić information content (AvgIpc) is 3.33. The molecule has 3 fully saturated rings. The second-order valence-electron chi connectivity index (χ2n) is 9.32. The van der Waals surface area contributed by atoms with E-state index in [0.717, 1.165) is 11.8 Å². The zero-order valence-electron chi connectivity index (χ0n) is 17.5. The Morgan fingerprint density at radius 2 is 1.83 bits per heavy atom. The number of amides is 1. The van der Waals surface area contributed by atoms with E-state index in [9.17, 15) is 13.2 Å². The van der Waals surface area contributed by atoms with Gasteiger partial charge in [0.1, 0.15) is 0 Å². The molecule has 1 aromatic rings. The molecule has 0 spiro atoms. The van der Waals surface area contributed by atoms with Crippen molar-refractivity contribution in [2.24, 2.45) is 17.8 Å². The largest absolute Gasteiger partial charge is 0.352 e. The van der Waals surface area contributed by atoms with Crippen molar-refractivity contribution < 1.29 is 13.2 Å². The van der Waals surface area contributed by atoms with Gasteiger partial charge in [0.25, 0.3) is 0 Å². The van der Waals surface area contributed by atoms with E-state index in [-0.39, 0.29) is 22.9 Å². The summed E-state index contributed by atoms with van der Waals surface area (Å²) in [6.07, 6.45) is 6.72. The highest BCUT2D eigenvalue weighted by Crippen LogP contribution is 2.49. The number of benzene rings is 1. The number of hydrogen-bond donors (Lipinski definition) is 2. The fourth-order valence-electron chi connectivity index (χ4n) is 5.63. The zero-order chi connectivity index (χ0) is 21.3. The van der Waals surface area contributed by atoms with E-state index < -0.39 is 10.0 Å². The first-order valence-corrected chi connectivity index (χ1v) is 13.0. The summed E-state index contributed by atoms with van der Waals surface area (Å²) in [7, 11) is -3.55. The van der Waals surface area contributed by atoms with Gasteiger partial charge in [0, 0.05) is 30.2 Å². The maximum atomic E-state index is 12.5. The number of sulfonamides is 1. The molecular formula is C22H32ClN3O3S. The number of nitrogens with one attached hydrogen (secondary N) is 2. The topological polar surface area (TPSA) is 78.5 Å². The molecule has 0 radical (unpaired) electrons. The fraction of sp³-hybridized carbons (Fsp3) is 0.682. The molecule has 30 heavy (non-hydrogen) atoms. The lowest BCUT2D eigenvalue weighted by atomic mass is 9.84. The van der Waals surface area contributed by atoms with Crippen LogP contribution < -0.4 is 10.0 Å². The number of likely N-dealkylation sites (tertiary alicyclic amines) is 1. The van der Waals surface area contributed by atoms with Gasteiger partial charge in [0.2, 0.25) is 15.9 Å². The van der Waals surface area contributed by atoms with Crippen LogP contribution in [0.15, 0.2) is 29.2 Å². The Hall–Kier alpha value is -1.15. The van der Waals surface area contributed by atoms with Gasteiger partial charge >= 0.3 is 0 Å². The van der Waals surface area contributed by atoms with Crippen LogP contribution in [0.2, 0.25) is 5.02 Å². The van der Waals surface area contributed by atoms with E-state index in [1.807, 2.05) is 0 Å². The number of fused-ring (bicyclic) bond motifs is 2. The van der Waals surface area contributed by atoms with Crippen LogP contribution in [0.5, 0.6) is 0 Å². The van der Waals surface area contributed by atoms with Crippen LogP contribution in [-0.2, 0) is 14.8 Å². The Balaban J connectivity index is 1.20. The highest BCUT2D eigenvalue weighted by molar-refractivity contribution is 7.89. The summed E-state index contributed by atoms with van der Waals surface area (Å²) in [5, 5.41) is 3.74. The molecule has 0 aromatic heterocycles. The van der Waals surface area contributed by atoms with Crippen LogP contribution in [0.3, 0.4) is 0 Å². The molecule has 4 rings (SSSR count). The van der Waals surface area contributed by atoms with Gasteiger partial charge in [0.05, 0.1) is 11.4 Å². The summed E-state index contributed by atoms with van der Waals surface area (Å²) in [4.78, 5) is 14.9. The molecule has 1 amide bonds. The van der Waals surface area contributed by atoms with Crippen LogP contribution in [-0.4, -0.2) is 50.9 Å². The van der Waals surface area contributed by atoms with Gasteiger partial charge in [0.15, 0.2) is 0 Å². The van der Waals surface area contributed by atoms with Crippen molar-refractivity contribution in [2.75, 3.05) is 19.6 Å². The first-order valence-electron chi connectivity index (χ1n) is 11.1. The molecule has 6 nitrogen and oxygen atoms in total. The average molecular weight is 454 g/mol. The second kappa shape index (κ2) is 9.15. The summed E-state index contributed by atoms with van der Waals surface area (Å²) < 4.78 is 27.9. The summed E-state index contributed by atoms with van der Waals surface area (Å²) in [6, 6.07) is 6.32. The molecule has 166 valence electrons. The molecule has 0 unspecified atom stereocenters. The van der Waals surface area contributed by atoms with Gasteiger partial charge in [-0.05, 0) is 81.0 Å².